The summed E-state index contributed by atoms with van der Waals surface area (Å²) in [5.41, 5.74) is 11.8. The molecule has 0 saturated heterocycles. The Labute approximate surface area is 211 Å². The van der Waals surface area contributed by atoms with E-state index in [2.05, 4.69) is 29.7 Å². The van der Waals surface area contributed by atoms with Gasteiger partial charge in [0.05, 0.1) is 5.52 Å². The highest BCUT2D eigenvalue weighted by Gasteiger charge is 2.19. The number of nitrogens with zero attached hydrogens (tertiary/aromatic N) is 1. The third kappa shape index (κ3) is 4.42. The first-order valence-corrected chi connectivity index (χ1v) is 12.6. The lowest BCUT2D eigenvalue weighted by molar-refractivity contribution is 0.1000. The monoisotopic (exact) mass is 474 g/mol. The van der Waals surface area contributed by atoms with E-state index in [0.717, 1.165) is 40.2 Å². The largest absolute Gasteiger partial charge is 0.366 e. The maximum atomic E-state index is 13.4. The number of aromatic nitrogens is 1. The Bertz CT molecular complexity index is 1560. The Morgan fingerprint density at radius 3 is 2.31 bits per heavy atom. The van der Waals surface area contributed by atoms with Gasteiger partial charge in [-0.1, -0.05) is 92.6 Å². The van der Waals surface area contributed by atoms with E-state index in [4.69, 9.17) is 5.73 Å². The van der Waals surface area contributed by atoms with Gasteiger partial charge in [0.15, 0.2) is 5.78 Å². The maximum Gasteiger partial charge on any atom is 0.249 e. The summed E-state index contributed by atoms with van der Waals surface area (Å²) >= 11 is 0. The molecule has 1 aromatic heterocycles. The topological polar surface area (TPSA) is 65.1 Å². The number of fused-ring (bicyclic) bond motifs is 3. The van der Waals surface area contributed by atoms with Crippen molar-refractivity contribution >= 4 is 33.5 Å². The second kappa shape index (κ2) is 10.2. The number of hydrogen-bond acceptors (Lipinski definition) is 2. The van der Waals surface area contributed by atoms with Crippen LogP contribution < -0.4 is 5.73 Å². The summed E-state index contributed by atoms with van der Waals surface area (Å²) in [5.74, 6) is -0.434. The molecule has 0 unspecified atom stereocenters. The molecule has 36 heavy (non-hydrogen) atoms. The van der Waals surface area contributed by atoms with Crippen LogP contribution in [0, 0.1) is 0 Å². The van der Waals surface area contributed by atoms with Gasteiger partial charge in [0, 0.05) is 39.5 Å². The van der Waals surface area contributed by atoms with Crippen molar-refractivity contribution in [3.05, 3.63) is 119 Å². The first-order valence-electron chi connectivity index (χ1n) is 12.6. The van der Waals surface area contributed by atoms with Crippen LogP contribution in [0.5, 0.6) is 0 Å². The average Bonchev–Trinajstić information content (AvgIpc) is 3.22. The van der Waals surface area contributed by atoms with Gasteiger partial charge in [0.1, 0.15) is 0 Å². The zero-order valence-electron chi connectivity index (χ0n) is 20.5. The van der Waals surface area contributed by atoms with Crippen LogP contribution in [-0.2, 0) is 13.0 Å². The van der Waals surface area contributed by atoms with Crippen molar-refractivity contribution in [2.45, 2.75) is 39.2 Å². The van der Waals surface area contributed by atoms with Crippen molar-refractivity contribution in [2.24, 2.45) is 5.73 Å². The Kier molecular flexibility index (Phi) is 6.68. The molecule has 2 N–H and O–H groups in total. The molecule has 4 heteroatoms. The number of amides is 1. The molecule has 0 fully saturated rings. The van der Waals surface area contributed by atoms with E-state index in [1.807, 2.05) is 66.7 Å². The molecule has 1 heterocycles. The molecule has 0 atom stereocenters. The average molecular weight is 475 g/mol. The van der Waals surface area contributed by atoms with Gasteiger partial charge in [-0.3, -0.25) is 9.59 Å². The Balaban J connectivity index is 1.67. The van der Waals surface area contributed by atoms with Gasteiger partial charge >= 0.3 is 0 Å². The van der Waals surface area contributed by atoms with Gasteiger partial charge in [-0.25, -0.2) is 0 Å². The zero-order chi connectivity index (χ0) is 25.1. The van der Waals surface area contributed by atoms with Crippen LogP contribution in [0.25, 0.3) is 21.8 Å². The number of aryl methyl sites for hydroxylation is 1. The second-order valence-corrected chi connectivity index (χ2v) is 9.31. The molecule has 0 radical (unpaired) electrons. The van der Waals surface area contributed by atoms with E-state index in [-0.39, 0.29) is 5.78 Å². The summed E-state index contributed by atoms with van der Waals surface area (Å²) in [6.45, 7) is 2.72. The summed E-state index contributed by atoms with van der Waals surface area (Å²) < 4.78 is 2.22. The van der Waals surface area contributed by atoms with Gasteiger partial charge in [0.2, 0.25) is 5.91 Å². The van der Waals surface area contributed by atoms with Gasteiger partial charge in [-0.2, -0.15) is 0 Å². The molecule has 0 spiro atoms. The number of unbranched alkanes of at least 4 members (excludes halogenated alkanes) is 2. The van der Waals surface area contributed by atoms with E-state index >= 15 is 0 Å². The summed E-state index contributed by atoms with van der Waals surface area (Å²) in [5, 5.41) is 1.87. The van der Waals surface area contributed by atoms with Crippen molar-refractivity contribution in [2.75, 3.05) is 0 Å². The Hall–Kier alpha value is -4.18. The molecular formula is C32H30N2O2. The summed E-state index contributed by atoms with van der Waals surface area (Å²) in [4.78, 5) is 25.7. The molecule has 1 amide bonds. The molecule has 0 aliphatic carbocycles. The van der Waals surface area contributed by atoms with E-state index < -0.39 is 5.91 Å². The smallest absolute Gasteiger partial charge is 0.249 e. The van der Waals surface area contributed by atoms with Gasteiger partial charge in [-0.15, -0.1) is 0 Å². The number of carbonyl (C=O) groups is 2. The third-order valence-electron chi connectivity index (χ3n) is 6.92. The van der Waals surface area contributed by atoms with Crippen molar-refractivity contribution in [3.63, 3.8) is 0 Å². The molecule has 180 valence electrons. The van der Waals surface area contributed by atoms with Crippen LogP contribution >= 0.6 is 0 Å². The van der Waals surface area contributed by atoms with E-state index in [1.165, 1.54) is 18.4 Å². The SMILES string of the molecule is CCCCCc1ccc2c3c(C(N)=O)cccc3n(Cc3ccccc3C(=O)c3ccccc3)c2c1. The van der Waals surface area contributed by atoms with Crippen LogP contribution in [0.1, 0.15) is 63.6 Å². The molecule has 4 aromatic carbocycles. The van der Waals surface area contributed by atoms with Crippen LogP contribution in [0.4, 0.5) is 0 Å². The molecule has 5 rings (SSSR count). The van der Waals surface area contributed by atoms with Gasteiger partial charge < -0.3 is 10.3 Å². The third-order valence-corrected chi connectivity index (χ3v) is 6.92. The lowest BCUT2D eigenvalue weighted by Gasteiger charge is -2.13. The van der Waals surface area contributed by atoms with E-state index in [0.29, 0.717) is 23.2 Å². The number of rotatable bonds is 9. The molecule has 0 aliphatic rings. The highest BCUT2D eigenvalue weighted by molar-refractivity contribution is 6.18. The standard InChI is InChI=1S/C32H30N2O2/c1-2-3-5-11-22-18-19-26-29(20-22)34(28-17-10-16-27(30(26)28)32(33)36)21-24-14-8-9-15-25(24)31(35)23-12-6-4-7-13-23/h4,6-10,12-20H,2-3,5,11,21H2,1H3,(H2,33,36). The van der Waals surface area contributed by atoms with Gasteiger partial charge in [0.25, 0.3) is 0 Å². The molecule has 0 bridgehead atoms. The minimum atomic E-state index is -0.439. The van der Waals surface area contributed by atoms with Crippen LogP contribution in [-0.4, -0.2) is 16.3 Å². The van der Waals surface area contributed by atoms with Crippen LogP contribution in [0.15, 0.2) is 91.0 Å². The van der Waals surface area contributed by atoms with E-state index in [9.17, 15) is 9.59 Å². The normalized spacial score (nSPS) is 11.2. The second-order valence-electron chi connectivity index (χ2n) is 9.31. The van der Waals surface area contributed by atoms with Gasteiger partial charge in [-0.05, 0) is 42.2 Å². The molecule has 4 nitrogen and oxygen atoms in total. The quantitative estimate of drug-likeness (QED) is 0.186. The van der Waals surface area contributed by atoms with Crippen molar-refractivity contribution in [1.29, 1.82) is 0 Å². The minimum absolute atomic E-state index is 0.00467. The molecule has 0 aliphatic heterocycles. The minimum Gasteiger partial charge on any atom is -0.366 e. The summed E-state index contributed by atoms with van der Waals surface area (Å²) in [7, 11) is 0. The Morgan fingerprint density at radius 2 is 1.53 bits per heavy atom. The fraction of sp³-hybridized carbons (Fsp3) is 0.188. The van der Waals surface area contributed by atoms with Crippen molar-refractivity contribution in [1.82, 2.24) is 4.57 Å². The fourth-order valence-corrected chi connectivity index (χ4v) is 5.10. The lowest BCUT2D eigenvalue weighted by atomic mass is 9.98. The number of nitrogens with two attached hydrogens (primary N) is 1. The lowest BCUT2D eigenvalue weighted by Crippen LogP contribution is -2.11. The van der Waals surface area contributed by atoms with Crippen LogP contribution in [0.3, 0.4) is 0 Å². The zero-order valence-corrected chi connectivity index (χ0v) is 20.5. The van der Waals surface area contributed by atoms with Crippen LogP contribution in [0.2, 0.25) is 0 Å². The maximum absolute atomic E-state index is 13.4. The molecule has 0 saturated carbocycles. The first kappa shape index (κ1) is 23.6. The number of benzene rings is 4. The molecule has 5 aromatic rings. The number of hydrogen-bond donors (Lipinski definition) is 1. The predicted molar refractivity (Wildman–Crippen MR) is 147 cm³/mol. The molecular weight excluding hydrogens is 444 g/mol. The number of carbonyl (C=O) groups excluding carboxylic acids is 2. The van der Waals surface area contributed by atoms with E-state index in [1.54, 1.807) is 6.07 Å². The highest BCUT2D eigenvalue weighted by atomic mass is 16.1. The van der Waals surface area contributed by atoms with Crippen molar-refractivity contribution < 1.29 is 9.59 Å². The predicted octanol–water partition coefficient (Wildman–Crippen LogP) is 6.91. The number of primary amides is 1. The fourth-order valence-electron chi connectivity index (χ4n) is 5.10. The number of ketones is 1. The highest BCUT2D eigenvalue weighted by Crippen LogP contribution is 2.34. The summed E-state index contributed by atoms with van der Waals surface area (Å²) in [6, 6.07) is 29.4. The Morgan fingerprint density at radius 1 is 0.778 bits per heavy atom. The van der Waals surface area contributed by atoms with Crippen molar-refractivity contribution in [3.8, 4) is 0 Å². The first-order chi connectivity index (χ1) is 17.6. The summed E-state index contributed by atoms with van der Waals surface area (Å²) in [6.07, 6.45) is 4.53.